The number of aliphatic hydroxyl groups excluding tert-OH is 1. The molecule has 0 radical (unpaired) electrons. The fraction of sp³-hybridized carbons (Fsp3) is 0.571. The minimum Gasteiger partial charge on any atom is -0.388 e. The Kier molecular flexibility index (Phi) is 3.32. The summed E-state index contributed by atoms with van der Waals surface area (Å²) in [6, 6.07) is 6.60. The molecule has 1 aromatic carbocycles. The first kappa shape index (κ1) is 12.0. The van der Waals surface area contributed by atoms with Crippen molar-refractivity contribution in [2.75, 3.05) is 5.75 Å². The SMILES string of the molecule is CC(C)(C)c1ccc2c(c1)[C@@H](O)CCSC2. The lowest BCUT2D eigenvalue weighted by molar-refractivity contribution is 0.175. The van der Waals surface area contributed by atoms with E-state index in [0.717, 1.165) is 23.5 Å². The van der Waals surface area contributed by atoms with Crippen molar-refractivity contribution in [3.8, 4) is 0 Å². The average molecular weight is 236 g/mol. The van der Waals surface area contributed by atoms with Crippen molar-refractivity contribution < 1.29 is 5.11 Å². The van der Waals surface area contributed by atoms with Gasteiger partial charge in [0, 0.05) is 5.75 Å². The molecule has 1 aliphatic rings. The molecule has 2 rings (SSSR count). The quantitative estimate of drug-likeness (QED) is 0.742. The standard InChI is InChI=1S/C14H20OS/c1-14(2,3)11-5-4-10-9-16-7-6-13(15)12(10)8-11/h4-5,8,13,15H,6-7,9H2,1-3H3/t13-/m0/s1. The topological polar surface area (TPSA) is 20.2 Å². The van der Waals surface area contributed by atoms with Crippen molar-refractivity contribution in [1.82, 2.24) is 0 Å². The van der Waals surface area contributed by atoms with Crippen molar-refractivity contribution in [3.63, 3.8) is 0 Å². The number of fused-ring (bicyclic) bond motifs is 1. The average Bonchev–Trinajstić information content (AvgIpc) is 2.39. The second kappa shape index (κ2) is 4.42. The molecule has 0 spiro atoms. The lowest BCUT2D eigenvalue weighted by Crippen LogP contribution is -2.12. The van der Waals surface area contributed by atoms with Crippen LogP contribution in [0.25, 0.3) is 0 Å². The molecule has 1 aromatic rings. The highest BCUT2D eigenvalue weighted by Gasteiger charge is 2.20. The van der Waals surface area contributed by atoms with Crippen LogP contribution in [0.4, 0.5) is 0 Å². The Labute approximate surface area is 102 Å². The van der Waals surface area contributed by atoms with Gasteiger partial charge in [-0.1, -0.05) is 39.0 Å². The fourth-order valence-corrected chi connectivity index (χ4v) is 3.05. The molecule has 0 unspecified atom stereocenters. The molecule has 16 heavy (non-hydrogen) atoms. The van der Waals surface area contributed by atoms with Crippen LogP contribution in [0.3, 0.4) is 0 Å². The summed E-state index contributed by atoms with van der Waals surface area (Å²) in [5.74, 6) is 2.09. The molecule has 0 saturated carbocycles. The second-order valence-electron chi connectivity index (χ2n) is 5.52. The molecule has 1 heterocycles. The van der Waals surface area contributed by atoms with E-state index in [1.807, 2.05) is 11.8 Å². The first-order valence-electron chi connectivity index (χ1n) is 5.87. The molecule has 0 bridgehead atoms. The lowest BCUT2D eigenvalue weighted by atomic mass is 9.84. The summed E-state index contributed by atoms with van der Waals surface area (Å²) in [6.07, 6.45) is 0.609. The highest BCUT2D eigenvalue weighted by molar-refractivity contribution is 7.98. The Bertz CT molecular complexity index is 379. The molecule has 0 amide bonds. The lowest BCUT2D eigenvalue weighted by Gasteiger charge is -2.22. The van der Waals surface area contributed by atoms with Gasteiger partial charge in [-0.3, -0.25) is 0 Å². The van der Waals surface area contributed by atoms with E-state index in [1.54, 1.807) is 0 Å². The van der Waals surface area contributed by atoms with Gasteiger partial charge < -0.3 is 5.11 Å². The zero-order valence-electron chi connectivity index (χ0n) is 10.3. The van der Waals surface area contributed by atoms with Crippen molar-refractivity contribution in [3.05, 3.63) is 34.9 Å². The Morgan fingerprint density at radius 2 is 2.06 bits per heavy atom. The Morgan fingerprint density at radius 1 is 1.31 bits per heavy atom. The van der Waals surface area contributed by atoms with Crippen molar-refractivity contribution in [2.45, 2.75) is 44.5 Å². The molecule has 1 nitrogen and oxygen atoms in total. The van der Waals surface area contributed by atoms with Crippen LogP contribution in [0.15, 0.2) is 18.2 Å². The first-order valence-corrected chi connectivity index (χ1v) is 7.03. The zero-order valence-corrected chi connectivity index (χ0v) is 11.1. The van der Waals surface area contributed by atoms with Gasteiger partial charge in [-0.05, 0) is 34.3 Å². The molecule has 2 heteroatoms. The van der Waals surface area contributed by atoms with Gasteiger partial charge in [-0.25, -0.2) is 0 Å². The van der Waals surface area contributed by atoms with Gasteiger partial charge in [0.25, 0.3) is 0 Å². The van der Waals surface area contributed by atoms with E-state index in [0.29, 0.717) is 0 Å². The Balaban J connectivity index is 2.43. The third-order valence-electron chi connectivity index (χ3n) is 3.16. The van der Waals surface area contributed by atoms with Crippen LogP contribution in [0, 0.1) is 0 Å². The number of aliphatic hydroxyl groups is 1. The molecule has 1 atom stereocenters. The van der Waals surface area contributed by atoms with Crippen LogP contribution in [-0.2, 0) is 11.2 Å². The van der Waals surface area contributed by atoms with Crippen molar-refractivity contribution in [2.24, 2.45) is 0 Å². The predicted octanol–water partition coefficient (Wildman–Crippen LogP) is 3.65. The van der Waals surface area contributed by atoms with E-state index in [4.69, 9.17) is 0 Å². The van der Waals surface area contributed by atoms with Gasteiger partial charge in [0.2, 0.25) is 0 Å². The molecule has 1 N–H and O–H groups in total. The van der Waals surface area contributed by atoms with E-state index >= 15 is 0 Å². The number of hydrogen-bond acceptors (Lipinski definition) is 2. The van der Waals surface area contributed by atoms with Gasteiger partial charge in [0.05, 0.1) is 6.10 Å². The summed E-state index contributed by atoms with van der Waals surface area (Å²) in [7, 11) is 0. The van der Waals surface area contributed by atoms with Gasteiger partial charge in [-0.2, -0.15) is 11.8 Å². The molecule has 1 aliphatic heterocycles. The zero-order chi connectivity index (χ0) is 11.8. The molecular weight excluding hydrogens is 216 g/mol. The molecule has 88 valence electrons. The van der Waals surface area contributed by atoms with Gasteiger partial charge in [0.1, 0.15) is 0 Å². The van der Waals surface area contributed by atoms with Gasteiger partial charge in [0.15, 0.2) is 0 Å². The predicted molar refractivity (Wildman–Crippen MR) is 70.9 cm³/mol. The van der Waals surface area contributed by atoms with E-state index in [2.05, 4.69) is 39.0 Å². The molecule has 0 fully saturated rings. The van der Waals surface area contributed by atoms with Crippen molar-refractivity contribution in [1.29, 1.82) is 0 Å². The number of hydrogen-bond donors (Lipinski definition) is 1. The summed E-state index contributed by atoms with van der Waals surface area (Å²) >= 11 is 1.92. The minimum absolute atomic E-state index is 0.161. The highest BCUT2D eigenvalue weighted by Crippen LogP contribution is 2.33. The van der Waals surface area contributed by atoms with E-state index in [1.165, 1.54) is 11.1 Å². The van der Waals surface area contributed by atoms with Crippen LogP contribution < -0.4 is 0 Å². The third-order valence-corrected chi connectivity index (χ3v) is 4.20. The second-order valence-corrected chi connectivity index (χ2v) is 6.63. The van der Waals surface area contributed by atoms with Crippen molar-refractivity contribution >= 4 is 11.8 Å². The van der Waals surface area contributed by atoms with E-state index in [-0.39, 0.29) is 11.5 Å². The summed E-state index contributed by atoms with van der Waals surface area (Å²) in [5.41, 5.74) is 3.94. The fourth-order valence-electron chi connectivity index (χ4n) is 2.04. The molecule has 0 aromatic heterocycles. The summed E-state index contributed by atoms with van der Waals surface area (Å²) in [5, 5.41) is 10.1. The largest absolute Gasteiger partial charge is 0.388 e. The third kappa shape index (κ3) is 2.44. The number of thioether (sulfide) groups is 1. The number of benzene rings is 1. The summed E-state index contributed by atoms with van der Waals surface area (Å²) in [4.78, 5) is 0. The molecular formula is C14H20OS. The van der Waals surface area contributed by atoms with Crippen LogP contribution in [-0.4, -0.2) is 10.9 Å². The molecule has 0 saturated heterocycles. The first-order chi connectivity index (χ1) is 7.48. The van der Waals surface area contributed by atoms with Crippen LogP contribution in [0.1, 0.15) is 50.0 Å². The maximum atomic E-state index is 10.1. The van der Waals surface area contributed by atoms with Crippen LogP contribution in [0.5, 0.6) is 0 Å². The Morgan fingerprint density at radius 3 is 2.75 bits per heavy atom. The van der Waals surface area contributed by atoms with Gasteiger partial charge in [-0.15, -0.1) is 0 Å². The minimum atomic E-state index is -0.271. The highest BCUT2D eigenvalue weighted by atomic mass is 32.2. The normalized spacial score (nSPS) is 21.4. The monoisotopic (exact) mass is 236 g/mol. The van der Waals surface area contributed by atoms with Gasteiger partial charge >= 0.3 is 0 Å². The van der Waals surface area contributed by atoms with Crippen LogP contribution >= 0.6 is 11.8 Å². The maximum absolute atomic E-state index is 10.1. The Hall–Kier alpha value is -0.470. The van der Waals surface area contributed by atoms with E-state index < -0.39 is 0 Å². The summed E-state index contributed by atoms with van der Waals surface area (Å²) < 4.78 is 0. The summed E-state index contributed by atoms with van der Waals surface area (Å²) in [6.45, 7) is 6.64. The smallest absolute Gasteiger partial charge is 0.0801 e. The molecule has 0 aliphatic carbocycles. The number of rotatable bonds is 0. The van der Waals surface area contributed by atoms with Crippen LogP contribution in [0.2, 0.25) is 0 Å². The maximum Gasteiger partial charge on any atom is 0.0801 e. The van der Waals surface area contributed by atoms with E-state index in [9.17, 15) is 5.11 Å².